The maximum atomic E-state index is 5.89. The molecule has 118 valence electrons. The summed E-state index contributed by atoms with van der Waals surface area (Å²) in [6, 6.07) is 9.03. The van der Waals surface area contributed by atoms with Gasteiger partial charge in [0, 0.05) is 11.6 Å². The molecule has 1 saturated heterocycles. The first-order valence-corrected chi connectivity index (χ1v) is 8.40. The molecule has 0 saturated carbocycles. The summed E-state index contributed by atoms with van der Waals surface area (Å²) < 4.78 is 5.89. The highest BCUT2D eigenvalue weighted by Crippen LogP contribution is 2.38. The molecule has 1 aliphatic rings. The van der Waals surface area contributed by atoms with Crippen molar-refractivity contribution in [3.05, 3.63) is 29.8 Å². The quantitative estimate of drug-likeness (QED) is 0.868. The molecule has 1 aliphatic heterocycles. The Morgan fingerprint density at radius 3 is 2.81 bits per heavy atom. The van der Waals surface area contributed by atoms with E-state index in [0.717, 1.165) is 25.4 Å². The van der Waals surface area contributed by atoms with Gasteiger partial charge in [-0.3, -0.25) is 4.90 Å². The molecule has 21 heavy (non-hydrogen) atoms. The van der Waals surface area contributed by atoms with Crippen molar-refractivity contribution in [3.63, 3.8) is 0 Å². The van der Waals surface area contributed by atoms with Crippen molar-refractivity contribution in [2.24, 2.45) is 5.92 Å². The second-order valence-corrected chi connectivity index (χ2v) is 5.96. The van der Waals surface area contributed by atoms with E-state index in [1.807, 2.05) is 0 Å². The first-order valence-electron chi connectivity index (χ1n) is 8.40. The normalized spacial score (nSPS) is 23.8. The molecule has 3 nitrogen and oxygen atoms in total. The van der Waals surface area contributed by atoms with Crippen molar-refractivity contribution in [2.45, 2.75) is 39.2 Å². The molecule has 0 aliphatic carbocycles. The van der Waals surface area contributed by atoms with Crippen LogP contribution in [0.4, 0.5) is 0 Å². The van der Waals surface area contributed by atoms with E-state index in [0.29, 0.717) is 12.0 Å². The SMILES string of the molecule is CCNCC1CCCCN(C)C1c1ccccc1OCC. The van der Waals surface area contributed by atoms with Crippen LogP contribution in [0.15, 0.2) is 24.3 Å². The van der Waals surface area contributed by atoms with Crippen molar-refractivity contribution in [1.29, 1.82) is 0 Å². The second kappa shape index (κ2) is 8.40. The molecule has 2 rings (SSSR count). The van der Waals surface area contributed by atoms with E-state index in [-0.39, 0.29) is 0 Å². The van der Waals surface area contributed by atoms with Crippen LogP contribution in [0.3, 0.4) is 0 Å². The number of ether oxygens (including phenoxy) is 1. The third-order valence-electron chi connectivity index (χ3n) is 4.45. The fraction of sp³-hybridized carbons (Fsp3) is 0.667. The van der Waals surface area contributed by atoms with Crippen molar-refractivity contribution < 1.29 is 4.74 Å². The van der Waals surface area contributed by atoms with Crippen LogP contribution in [0.2, 0.25) is 0 Å². The summed E-state index contributed by atoms with van der Waals surface area (Å²) in [6.45, 7) is 8.28. The van der Waals surface area contributed by atoms with E-state index in [4.69, 9.17) is 4.74 Å². The lowest BCUT2D eigenvalue weighted by atomic mass is 9.88. The first kappa shape index (κ1) is 16.3. The van der Waals surface area contributed by atoms with Gasteiger partial charge >= 0.3 is 0 Å². The highest BCUT2D eigenvalue weighted by Gasteiger charge is 2.30. The van der Waals surface area contributed by atoms with Gasteiger partial charge in [0.05, 0.1) is 6.61 Å². The largest absolute Gasteiger partial charge is 0.494 e. The number of nitrogens with zero attached hydrogens (tertiary/aromatic N) is 1. The minimum atomic E-state index is 0.453. The zero-order chi connectivity index (χ0) is 15.1. The zero-order valence-electron chi connectivity index (χ0n) is 13.8. The molecule has 1 fully saturated rings. The molecule has 0 aromatic heterocycles. The van der Waals surface area contributed by atoms with E-state index >= 15 is 0 Å². The molecule has 1 N–H and O–H groups in total. The molecule has 0 amide bonds. The summed E-state index contributed by atoms with van der Waals surface area (Å²) in [5.41, 5.74) is 1.35. The third-order valence-corrected chi connectivity index (χ3v) is 4.45. The Morgan fingerprint density at radius 1 is 1.24 bits per heavy atom. The molecule has 2 unspecified atom stereocenters. The van der Waals surface area contributed by atoms with E-state index in [9.17, 15) is 0 Å². The first-order chi connectivity index (χ1) is 10.3. The summed E-state index contributed by atoms with van der Waals surface area (Å²) in [5, 5.41) is 3.55. The fourth-order valence-corrected chi connectivity index (χ4v) is 3.47. The Kier molecular flexibility index (Phi) is 6.52. The average Bonchev–Trinajstić information content (AvgIpc) is 2.68. The minimum absolute atomic E-state index is 0.453. The third kappa shape index (κ3) is 4.21. The molecule has 2 atom stereocenters. The van der Waals surface area contributed by atoms with Gasteiger partial charge in [0.25, 0.3) is 0 Å². The predicted molar refractivity (Wildman–Crippen MR) is 88.9 cm³/mol. The number of benzene rings is 1. The average molecular weight is 290 g/mol. The number of hydrogen-bond donors (Lipinski definition) is 1. The van der Waals surface area contributed by atoms with E-state index in [1.54, 1.807) is 0 Å². The fourth-order valence-electron chi connectivity index (χ4n) is 3.47. The lowest BCUT2D eigenvalue weighted by molar-refractivity contribution is 0.183. The standard InChI is InChI=1S/C18H30N2O/c1-4-19-14-15-10-8-9-13-20(3)18(15)16-11-6-7-12-17(16)21-5-2/h6-7,11-12,15,18-19H,4-5,8-10,13-14H2,1-3H3. The molecule has 0 spiro atoms. The van der Waals surface area contributed by atoms with Crippen LogP contribution in [-0.2, 0) is 0 Å². The number of likely N-dealkylation sites (tertiary alicyclic amines) is 1. The van der Waals surface area contributed by atoms with Crippen LogP contribution in [0, 0.1) is 5.92 Å². The van der Waals surface area contributed by atoms with Crippen LogP contribution in [0.25, 0.3) is 0 Å². The molecule has 1 aromatic carbocycles. The second-order valence-electron chi connectivity index (χ2n) is 5.96. The molecule has 0 radical (unpaired) electrons. The van der Waals surface area contributed by atoms with E-state index in [2.05, 4.69) is 55.4 Å². The Morgan fingerprint density at radius 2 is 2.05 bits per heavy atom. The Hall–Kier alpha value is -1.06. The number of nitrogens with one attached hydrogen (secondary N) is 1. The summed E-state index contributed by atoms with van der Waals surface area (Å²) in [4.78, 5) is 2.52. The number of hydrogen-bond acceptors (Lipinski definition) is 3. The van der Waals surface area contributed by atoms with Gasteiger partial charge in [-0.25, -0.2) is 0 Å². The van der Waals surface area contributed by atoms with Crippen molar-refractivity contribution in [2.75, 3.05) is 33.3 Å². The van der Waals surface area contributed by atoms with Crippen molar-refractivity contribution >= 4 is 0 Å². The van der Waals surface area contributed by atoms with E-state index in [1.165, 1.54) is 31.4 Å². The van der Waals surface area contributed by atoms with Gasteiger partial charge < -0.3 is 10.1 Å². The monoisotopic (exact) mass is 290 g/mol. The molecule has 1 heterocycles. The summed E-state index contributed by atoms with van der Waals surface area (Å²) >= 11 is 0. The summed E-state index contributed by atoms with van der Waals surface area (Å²) in [7, 11) is 2.26. The molecule has 1 aromatic rings. The smallest absolute Gasteiger partial charge is 0.124 e. The maximum absolute atomic E-state index is 5.89. The molecule has 3 heteroatoms. The van der Waals surface area contributed by atoms with Gasteiger partial charge in [-0.1, -0.05) is 31.5 Å². The lowest BCUT2D eigenvalue weighted by Gasteiger charge is -2.34. The zero-order valence-corrected chi connectivity index (χ0v) is 13.8. The van der Waals surface area contributed by atoms with Gasteiger partial charge in [-0.15, -0.1) is 0 Å². The van der Waals surface area contributed by atoms with Crippen molar-refractivity contribution in [3.8, 4) is 5.75 Å². The van der Waals surface area contributed by atoms with Gasteiger partial charge in [0.1, 0.15) is 5.75 Å². The lowest BCUT2D eigenvalue weighted by Crippen LogP contribution is -2.35. The van der Waals surface area contributed by atoms with Crippen LogP contribution >= 0.6 is 0 Å². The maximum Gasteiger partial charge on any atom is 0.124 e. The Labute approximate surface area is 129 Å². The van der Waals surface area contributed by atoms with Crippen molar-refractivity contribution in [1.82, 2.24) is 10.2 Å². The van der Waals surface area contributed by atoms with Gasteiger partial charge in [0.2, 0.25) is 0 Å². The van der Waals surface area contributed by atoms with Gasteiger partial charge in [-0.05, 0) is 58.4 Å². The predicted octanol–water partition coefficient (Wildman–Crippen LogP) is 3.47. The van der Waals surface area contributed by atoms with Crippen LogP contribution in [0.1, 0.15) is 44.7 Å². The Balaban J connectivity index is 2.29. The van der Waals surface area contributed by atoms with Crippen LogP contribution < -0.4 is 10.1 Å². The highest BCUT2D eigenvalue weighted by atomic mass is 16.5. The van der Waals surface area contributed by atoms with Gasteiger partial charge in [-0.2, -0.15) is 0 Å². The Bertz CT molecular complexity index is 421. The number of rotatable bonds is 6. The topological polar surface area (TPSA) is 24.5 Å². The van der Waals surface area contributed by atoms with Crippen LogP contribution in [0.5, 0.6) is 5.75 Å². The molecular formula is C18H30N2O. The van der Waals surface area contributed by atoms with E-state index < -0.39 is 0 Å². The van der Waals surface area contributed by atoms with Crippen LogP contribution in [-0.4, -0.2) is 38.2 Å². The summed E-state index contributed by atoms with van der Waals surface area (Å²) in [5.74, 6) is 1.71. The van der Waals surface area contributed by atoms with Gasteiger partial charge in [0.15, 0.2) is 0 Å². The molecular weight excluding hydrogens is 260 g/mol. The number of para-hydroxylation sites is 1. The molecule has 0 bridgehead atoms. The highest BCUT2D eigenvalue weighted by molar-refractivity contribution is 5.36. The summed E-state index contributed by atoms with van der Waals surface area (Å²) in [6.07, 6.45) is 3.92. The minimum Gasteiger partial charge on any atom is -0.494 e.